The predicted octanol–water partition coefficient (Wildman–Crippen LogP) is 4.08. The second-order valence-corrected chi connectivity index (χ2v) is 5.75. The minimum atomic E-state index is -0.905. The van der Waals surface area contributed by atoms with Crippen LogP contribution in [0.2, 0.25) is 0 Å². The summed E-state index contributed by atoms with van der Waals surface area (Å²) in [5.41, 5.74) is 5.60. The summed E-state index contributed by atoms with van der Waals surface area (Å²) in [5.74, 6) is -0.645. The van der Waals surface area contributed by atoms with Crippen LogP contribution in [-0.2, 0) is 14.2 Å². The van der Waals surface area contributed by atoms with Gasteiger partial charge in [0.2, 0.25) is 0 Å². The molecule has 0 rings (SSSR count). The smallest absolute Gasteiger partial charge is 0.285 e. The van der Waals surface area contributed by atoms with Crippen molar-refractivity contribution in [3.63, 3.8) is 0 Å². The van der Waals surface area contributed by atoms with Crippen LogP contribution >= 0.6 is 0 Å². The van der Waals surface area contributed by atoms with Crippen molar-refractivity contribution >= 4 is 0 Å². The first-order valence-electron chi connectivity index (χ1n) is 8.56. The lowest BCUT2D eigenvalue weighted by molar-refractivity contribution is -0.380. The minimum Gasteiger partial charge on any atom is -0.331 e. The van der Waals surface area contributed by atoms with E-state index in [2.05, 4.69) is 6.92 Å². The molecular weight excluding hydrogens is 266 g/mol. The quantitative estimate of drug-likeness (QED) is 0.366. The second kappa shape index (κ2) is 13.5. The Morgan fingerprint density at radius 3 is 1.71 bits per heavy atom. The van der Waals surface area contributed by atoms with Gasteiger partial charge in [-0.2, -0.15) is 0 Å². The molecule has 1 unspecified atom stereocenters. The molecule has 0 fully saturated rings. The lowest BCUT2D eigenvalue weighted by Gasteiger charge is -2.36. The van der Waals surface area contributed by atoms with Gasteiger partial charge in [-0.25, -0.2) is 0 Å². The summed E-state index contributed by atoms with van der Waals surface area (Å²) in [4.78, 5) is 0. The number of ether oxygens (including phenoxy) is 3. The molecule has 0 saturated carbocycles. The SMILES string of the molecule is CCCCCCCCC(CCCCN)C(OC)(OC)OC. The molecule has 0 bridgehead atoms. The van der Waals surface area contributed by atoms with Gasteiger partial charge in [0.1, 0.15) is 0 Å². The van der Waals surface area contributed by atoms with Crippen molar-refractivity contribution in [3.05, 3.63) is 0 Å². The Kier molecular flexibility index (Phi) is 13.4. The monoisotopic (exact) mass is 303 g/mol. The van der Waals surface area contributed by atoms with Crippen molar-refractivity contribution in [3.8, 4) is 0 Å². The summed E-state index contributed by atoms with van der Waals surface area (Å²) in [5, 5.41) is 0. The predicted molar refractivity (Wildman–Crippen MR) is 88.1 cm³/mol. The molecule has 0 amide bonds. The first-order valence-corrected chi connectivity index (χ1v) is 8.56. The van der Waals surface area contributed by atoms with Crippen LogP contribution in [0.4, 0.5) is 0 Å². The Bertz CT molecular complexity index is 212. The first kappa shape index (κ1) is 20.8. The van der Waals surface area contributed by atoms with Gasteiger partial charge in [0, 0.05) is 27.2 Å². The number of hydrogen-bond acceptors (Lipinski definition) is 4. The number of methoxy groups -OCH3 is 3. The van der Waals surface area contributed by atoms with Gasteiger partial charge in [0.15, 0.2) is 0 Å². The summed E-state index contributed by atoms with van der Waals surface area (Å²) in [6.45, 7) is 2.99. The number of nitrogens with two attached hydrogens (primary N) is 1. The second-order valence-electron chi connectivity index (χ2n) is 5.75. The average Bonchev–Trinajstić information content (AvgIpc) is 2.52. The van der Waals surface area contributed by atoms with E-state index >= 15 is 0 Å². The molecule has 0 aliphatic carbocycles. The zero-order valence-corrected chi connectivity index (χ0v) is 14.7. The molecule has 0 aromatic heterocycles. The highest BCUT2D eigenvalue weighted by Gasteiger charge is 2.39. The van der Waals surface area contributed by atoms with Crippen LogP contribution in [0.25, 0.3) is 0 Å². The highest BCUT2D eigenvalue weighted by Crippen LogP contribution is 2.32. The topological polar surface area (TPSA) is 53.7 Å². The maximum absolute atomic E-state index is 5.60. The Hall–Kier alpha value is -0.160. The molecule has 21 heavy (non-hydrogen) atoms. The van der Waals surface area contributed by atoms with E-state index in [1.54, 1.807) is 21.3 Å². The molecule has 4 heteroatoms. The van der Waals surface area contributed by atoms with E-state index in [0.29, 0.717) is 0 Å². The summed E-state index contributed by atoms with van der Waals surface area (Å²) >= 11 is 0. The molecule has 1 atom stereocenters. The van der Waals surface area contributed by atoms with E-state index in [9.17, 15) is 0 Å². The Labute approximate surface area is 131 Å². The van der Waals surface area contributed by atoms with Crippen molar-refractivity contribution in [2.75, 3.05) is 27.9 Å². The van der Waals surface area contributed by atoms with Crippen molar-refractivity contribution in [1.82, 2.24) is 0 Å². The van der Waals surface area contributed by atoms with Crippen LogP contribution in [0.1, 0.15) is 71.1 Å². The molecule has 0 spiro atoms. The highest BCUT2D eigenvalue weighted by atomic mass is 16.9. The third-order valence-electron chi connectivity index (χ3n) is 4.27. The van der Waals surface area contributed by atoms with Gasteiger partial charge in [0.25, 0.3) is 5.97 Å². The van der Waals surface area contributed by atoms with E-state index < -0.39 is 5.97 Å². The van der Waals surface area contributed by atoms with Crippen LogP contribution in [0.3, 0.4) is 0 Å². The van der Waals surface area contributed by atoms with Gasteiger partial charge < -0.3 is 19.9 Å². The number of unbranched alkanes of at least 4 members (excludes halogenated alkanes) is 6. The lowest BCUT2D eigenvalue weighted by Crippen LogP contribution is -2.44. The number of hydrogen-bond donors (Lipinski definition) is 1. The fraction of sp³-hybridized carbons (Fsp3) is 1.00. The van der Waals surface area contributed by atoms with Crippen LogP contribution < -0.4 is 5.73 Å². The fourth-order valence-electron chi connectivity index (χ4n) is 2.95. The summed E-state index contributed by atoms with van der Waals surface area (Å²) in [7, 11) is 4.97. The molecule has 0 heterocycles. The molecule has 0 aromatic carbocycles. The van der Waals surface area contributed by atoms with Crippen LogP contribution in [0.15, 0.2) is 0 Å². The van der Waals surface area contributed by atoms with Crippen molar-refractivity contribution in [2.24, 2.45) is 11.7 Å². The van der Waals surface area contributed by atoms with Crippen molar-refractivity contribution in [1.29, 1.82) is 0 Å². The molecule has 0 aliphatic heterocycles. The van der Waals surface area contributed by atoms with Crippen LogP contribution in [0, 0.1) is 5.92 Å². The lowest BCUT2D eigenvalue weighted by atomic mass is 9.92. The van der Waals surface area contributed by atoms with Crippen LogP contribution in [-0.4, -0.2) is 33.8 Å². The van der Waals surface area contributed by atoms with Gasteiger partial charge >= 0.3 is 0 Å². The van der Waals surface area contributed by atoms with Crippen LogP contribution in [0.5, 0.6) is 0 Å². The van der Waals surface area contributed by atoms with Gasteiger partial charge in [-0.1, -0.05) is 51.9 Å². The van der Waals surface area contributed by atoms with E-state index in [1.807, 2.05) is 0 Å². The fourth-order valence-corrected chi connectivity index (χ4v) is 2.95. The Morgan fingerprint density at radius 2 is 1.24 bits per heavy atom. The number of rotatable bonds is 15. The maximum Gasteiger partial charge on any atom is 0.285 e. The molecule has 0 radical (unpaired) electrons. The van der Waals surface area contributed by atoms with E-state index in [-0.39, 0.29) is 5.92 Å². The molecule has 4 nitrogen and oxygen atoms in total. The summed E-state index contributed by atoms with van der Waals surface area (Å²) in [6.07, 6.45) is 12.0. The third kappa shape index (κ3) is 8.15. The molecule has 0 saturated heterocycles. The molecule has 2 N–H and O–H groups in total. The van der Waals surface area contributed by atoms with E-state index in [0.717, 1.165) is 32.2 Å². The molecular formula is C17H37NO3. The van der Waals surface area contributed by atoms with Gasteiger partial charge in [-0.15, -0.1) is 0 Å². The van der Waals surface area contributed by atoms with E-state index in [1.165, 1.54) is 38.5 Å². The zero-order valence-electron chi connectivity index (χ0n) is 14.7. The van der Waals surface area contributed by atoms with Gasteiger partial charge in [-0.05, 0) is 25.8 Å². The summed E-state index contributed by atoms with van der Waals surface area (Å²) in [6, 6.07) is 0. The van der Waals surface area contributed by atoms with Gasteiger partial charge in [-0.3, -0.25) is 0 Å². The highest BCUT2D eigenvalue weighted by molar-refractivity contribution is 4.71. The molecule has 0 aromatic rings. The normalized spacial score (nSPS) is 13.6. The third-order valence-corrected chi connectivity index (χ3v) is 4.27. The maximum atomic E-state index is 5.60. The van der Waals surface area contributed by atoms with Gasteiger partial charge in [0.05, 0.1) is 0 Å². The van der Waals surface area contributed by atoms with Crippen molar-refractivity contribution < 1.29 is 14.2 Å². The Morgan fingerprint density at radius 1 is 0.762 bits per heavy atom. The molecule has 128 valence electrons. The first-order chi connectivity index (χ1) is 10.2. The standard InChI is InChI=1S/C17H37NO3/c1-5-6-7-8-9-10-13-16(14-11-12-15-18)17(19-2,20-3)21-4/h16H,5-15,18H2,1-4H3. The van der Waals surface area contributed by atoms with E-state index in [4.69, 9.17) is 19.9 Å². The minimum absolute atomic E-state index is 0.259. The summed E-state index contributed by atoms with van der Waals surface area (Å²) < 4.78 is 16.6. The van der Waals surface area contributed by atoms with Crippen molar-refractivity contribution in [2.45, 2.75) is 77.1 Å². The molecule has 0 aliphatic rings. The average molecular weight is 303 g/mol. The Balaban J connectivity index is 4.30. The largest absolute Gasteiger partial charge is 0.331 e. The zero-order chi connectivity index (χ0) is 16.0.